The average Bonchev–Trinajstić information content (AvgIpc) is 2.37. The molecule has 0 fully saturated rings. The van der Waals surface area contributed by atoms with Gasteiger partial charge < -0.3 is 4.55 Å². The van der Waals surface area contributed by atoms with Crippen LogP contribution in [-0.2, 0) is 10.1 Å². The van der Waals surface area contributed by atoms with Crippen molar-refractivity contribution in [1.82, 2.24) is 0 Å². The molecule has 0 atom stereocenters. The van der Waals surface area contributed by atoms with Gasteiger partial charge in [-0.05, 0) is 43.5 Å². The van der Waals surface area contributed by atoms with Gasteiger partial charge in [0.15, 0.2) is 12.4 Å². The van der Waals surface area contributed by atoms with Gasteiger partial charge in [-0.1, -0.05) is 12.1 Å². The van der Waals surface area contributed by atoms with E-state index in [1.807, 2.05) is 37.5 Å². The standard InChI is InChI=1S/C9H12O3S.C5H5N/c1-6-4-5-9(13(10,11)12)8(3)7(6)2;1-2-4-6-5-3-1/h4-5H,1-3H3,(H,10,11,12);1-5H. The third-order valence-electron chi connectivity index (χ3n) is 2.88. The van der Waals surface area contributed by atoms with E-state index < -0.39 is 10.1 Å². The summed E-state index contributed by atoms with van der Waals surface area (Å²) < 4.78 is 32.3. The summed E-state index contributed by atoms with van der Waals surface area (Å²) >= 11 is 0. The molecule has 5 heteroatoms. The Kier molecular flexibility index (Phi) is 5.20. The number of benzene rings is 1. The maximum Gasteiger partial charge on any atom is 0.166 e. The van der Waals surface area contributed by atoms with Crippen LogP contribution in [0.25, 0.3) is 0 Å². The fourth-order valence-corrected chi connectivity index (χ4v) is 2.31. The van der Waals surface area contributed by atoms with Gasteiger partial charge in [-0.3, -0.25) is 0 Å². The monoisotopic (exact) mass is 279 g/mol. The second-order valence-electron chi connectivity index (χ2n) is 4.16. The molecule has 0 unspecified atom stereocenters. The molecule has 0 aliphatic rings. The van der Waals surface area contributed by atoms with Gasteiger partial charge in [0.1, 0.15) is 10.1 Å². The van der Waals surface area contributed by atoms with Gasteiger partial charge in [0.25, 0.3) is 0 Å². The number of rotatable bonds is 1. The van der Waals surface area contributed by atoms with Crippen LogP contribution in [0.1, 0.15) is 16.7 Å². The highest BCUT2D eigenvalue weighted by Crippen LogP contribution is 2.20. The molecule has 0 radical (unpaired) electrons. The van der Waals surface area contributed by atoms with Crippen molar-refractivity contribution in [2.45, 2.75) is 25.7 Å². The molecule has 0 aliphatic heterocycles. The van der Waals surface area contributed by atoms with Crippen molar-refractivity contribution in [1.29, 1.82) is 0 Å². The van der Waals surface area contributed by atoms with E-state index in [-0.39, 0.29) is 4.90 Å². The van der Waals surface area contributed by atoms with Crippen molar-refractivity contribution in [3.05, 3.63) is 59.4 Å². The lowest BCUT2D eigenvalue weighted by Gasteiger charge is -2.13. The molecule has 0 bridgehead atoms. The van der Waals surface area contributed by atoms with E-state index in [1.54, 1.807) is 19.9 Å². The molecule has 0 spiro atoms. The smallest absolute Gasteiger partial charge is 0.166 e. The summed E-state index contributed by atoms with van der Waals surface area (Å²) in [5, 5.41) is 0. The number of aromatic nitrogens is 1. The summed E-state index contributed by atoms with van der Waals surface area (Å²) in [6, 6.07) is 8.86. The van der Waals surface area contributed by atoms with Crippen LogP contribution < -0.4 is 4.98 Å². The summed E-state index contributed by atoms with van der Waals surface area (Å²) in [5.41, 5.74) is 2.40. The van der Waals surface area contributed by atoms with Crippen LogP contribution in [0.4, 0.5) is 0 Å². The predicted octanol–water partition coefficient (Wildman–Crippen LogP) is 2.02. The van der Waals surface area contributed by atoms with E-state index in [0.717, 1.165) is 11.1 Å². The molecule has 0 amide bonds. The molecular formula is C14H17NO3S. The summed E-state index contributed by atoms with van der Waals surface area (Å²) in [5.74, 6) is 0. The summed E-state index contributed by atoms with van der Waals surface area (Å²) in [6.07, 6.45) is 3.75. The molecule has 0 saturated carbocycles. The van der Waals surface area contributed by atoms with Gasteiger partial charge in [0.05, 0.1) is 4.90 Å². The van der Waals surface area contributed by atoms with Crippen LogP contribution in [0.5, 0.6) is 0 Å². The molecule has 19 heavy (non-hydrogen) atoms. The number of pyridine rings is 1. The SMILES string of the molecule is Cc1ccc(S(=O)(=O)[O-])c(C)c1C.c1cc[nH+]cc1. The Morgan fingerprint density at radius 2 is 1.53 bits per heavy atom. The van der Waals surface area contributed by atoms with Crippen LogP contribution in [0, 0.1) is 20.8 Å². The number of nitrogens with one attached hydrogen (secondary N) is 1. The zero-order valence-corrected chi connectivity index (χ0v) is 12.0. The first-order valence-corrected chi connectivity index (χ1v) is 7.18. The van der Waals surface area contributed by atoms with Crippen LogP contribution in [-0.4, -0.2) is 13.0 Å². The quantitative estimate of drug-likeness (QED) is 0.750. The lowest BCUT2D eigenvalue weighted by Crippen LogP contribution is -2.03. The van der Waals surface area contributed by atoms with Gasteiger partial charge in [-0.15, -0.1) is 0 Å². The first kappa shape index (κ1) is 15.3. The Balaban J connectivity index is 0.000000250. The van der Waals surface area contributed by atoms with E-state index in [0.29, 0.717) is 5.56 Å². The van der Waals surface area contributed by atoms with Gasteiger partial charge in [-0.25, -0.2) is 13.4 Å². The Labute approximate surface area is 113 Å². The van der Waals surface area contributed by atoms with Gasteiger partial charge >= 0.3 is 0 Å². The predicted molar refractivity (Wildman–Crippen MR) is 71.6 cm³/mol. The van der Waals surface area contributed by atoms with Gasteiger partial charge in [0, 0.05) is 12.1 Å². The molecule has 0 saturated heterocycles. The molecule has 1 aromatic carbocycles. The Hall–Kier alpha value is -1.72. The van der Waals surface area contributed by atoms with Gasteiger partial charge in [0.2, 0.25) is 0 Å². The summed E-state index contributed by atoms with van der Waals surface area (Å²) in [4.78, 5) is 2.78. The number of H-pyrrole nitrogens is 1. The van der Waals surface area contributed by atoms with E-state index in [1.165, 1.54) is 6.07 Å². The normalized spacial score (nSPS) is 10.5. The number of aromatic amines is 1. The van der Waals surface area contributed by atoms with Crippen molar-refractivity contribution >= 4 is 10.1 Å². The minimum Gasteiger partial charge on any atom is -0.744 e. The van der Waals surface area contributed by atoms with E-state index >= 15 is 0 Å². The Morgan fingerprint density at radius 3 is 1.89 bits per heavy atom. The molecule has 2 rings (SSSR count). The molecule has 2 aromatic rings. The number of hydrogen-bond acceptors (Lipinski definition) is 3. The zero-order chi connectivity index (χ0) is 14.5. The highest BCUT2D eigenvalue weighted by Gasteiger charge is 2.08. The van der Waals surface area contributed by atoms with Crippen LogP contribution in [0.3, 0.4) is 0 Å². The molecule has 1 N–H and O–H groups in total. The Morgan fingerprint density at radius 1 is 0.947 bits per heavy atom. The largest absolute Gasteiger partial charge is 0.744 e. The van der Waals surface area contributed by atoms with Gasteiger partial charge in [-0.2, -0.15) is 0 Å². The highest BCUT2D eigenvalue weighted by atomic mass is 32.2. The summed E-state index contributed by atoms with van der Waals surface area (Å²) in [6.45, 7) is 5.33. The lowest BCUT2D eigenvalue weighted by atomic mass is 10.1. The third kappa shape index (κ3) is 4.46. The minimum atomic E-state index is -4.32. The fourth-order valence-electron chi connectivity index (χ4n) is 1.54. The van der Waals surface area contributed by atoms with Crippen molar-refractivity contribution in [3.8, 4) is 0 Å². The first-order chi connectivity index (χ1) is 8.84. The molecule has 1 heterocycles. The molecule has 0 aliphatic carbocycles. The number of hydrogen-bond donors (Lipinski definition) is 0. The summed E-state index contributed by atoms with van der Waals surface area (Å²) in [7, 11) is -4.32. The molecule has 1 aromatic heterocycles. The fraction of sp³-hybridized carbons (Fsp3) is 0.214. The molecule has 4 nitrogen and oxygen atoms in total. The van der Waals surface area contributed by atoms with E-state index in [2.05, 4.69) is 4.98 Å². The maximum atomic E-state index is 10.8. The van der Waals surface area contributed by atoms with Crippen LogP contribution in [0.15, 0.2) is 47.6 Å². The lowest BCUT2D eigenvalue weighted by molar-refractivity contribution is -0.377. The number of aryl methyl sites for hydroxylation is 1. The highest BCUT2D eigenvalue weighted by molar-refractivity contribution is 7.85. The van der Waals surface area contributed by atoms with E-state index in [9.17, 15) is 13.0 Å². The van der Waals surface area contributed by atoms with E-state index in [4.69, 9.17) is 0 Å². The van der Waals surface area contributed by atoms with Crippen molar-refractivity contribution in [3.63, 3.8) is 0 Å². The van der Waals surface area contributed by atoms with Crippen LogP contribution in [0.2, 0.25) is 0 Å². The average molecular weight is 279 g/mol. The second kappa shape index (κ2) is 6.45. The Bertz CT molecular complexity index is 611. The maximum absolute atomic E-state index is 10.8. The van der Waals surface area contributed by atoms with Crippen molar-refractivity contribution in [2.75, 3.05) is 0 Å². The third-order valence-corrected chi connectivity index (χ3v) is 3.87. The topological polar surface area (TPSA) is 71.3 Å². The second-order valence-corrected chi connectivity index (χ2v) is 5.51. The van der Waals surface area contributed by atoms with Crippen LogP contribution >= 0.6 is 0 Å². The van der Waals surface area contributed by atoms with Crippen molar-refractivity contribution in [2.24, 2.45) is 0 Å². The first-order valence-electron chi connectivity index (χ1n) is 5.78. The zero-order valence-electron chi connectivity index (χ0n) is 11.2. The molecular weight excluding hydrogens is 262 g/mol. The molecule has 102 valence electrons. The minimum absolute atomic E-state index is 0.115. The van der Waals surface area contributed by atoms with Crippen molar-refractivity contribution < 1.29 is 18.0 Å².